The minimum absolute atomic E-state index is 0.251. The van der Waals surface area contributed by atoms with Crippen molar-refractivity contribution < 1.29 is 19.0 Å². The molecule has 5 nitrogen and oxygen atoms in total. The summed E-state index contributed by atoms with van der Waals surface area (Å²) in [6, 6.07) is 8.96. The van der Waals surface area contributed by atoms with Crippen LogP contribution < -0.4 is 19.5 Å². The lowest BCUT2D eigenvalue weighted by Crippen LogP contribution is -2.16. The van der Waals surface area contributed by atoms with E-state index in [0.717, 1.165) is 11.1 Å². The van der Waals surface area contributed by atoms with E-state index in [1.54, 1.807) is 31.4 Å². The summed E-state index contributed by atoms with van der Waals surface area (Å²) in [5.74, 6) is 1.52. The average Bonchev–Trinajstić information content (AvgIpc) is 2.62. The molecule has 0 saturated heterocycles. The Hall–Kier alpha value is -2.66. The van der Waals surface area contributed by atoms with Gasteiger partial charge in [-0.1, -0.05) is 17.7 Å². The second-order valence-corrected chi connectivity index (χ2v) is 5.97. The van der Waals surface area contributed by atoms with E-state index in [4.69, 9.17) is 25.8 Å². The number of fused-ring (bicyclic) bond motifs is 1. The first-order valence-corrected chi connectivity index (χ1v) is 8.17. The van der Waals surface area contributed by atoms with Gasteiger partial charge in [-0.05, 0) is 48.4 Å². The Morgan fingerprint density at radius 3 is 2.84 bits per heavy atom. The Kier molecular flexibility index (Phi) is 5.14. The van der Waals surface area contributed by atoms with Gasteiger partial charge in [0.05, 0.1) is 7.11 Å². The average molecular weight is 360 g/mol. The Labute approximate surface area is 151 Å². The number of halogens is 1. The molecule has 0 aliphatic carbocycles. The molecule has 0 spiro atoms. The van der Waals surface area contributed by atoms with E-state index in [2.05, 4.69) is 5.32 Å². The molecule has 25 heavy (non-hydrogen) atoms. The lowest BCUT2D eigenvalue weighted by molar-refractivity contribution is -0.111. The van der Waals surface area contributed by atoms with Crippen LogP contribution in [0.1, 0.15) is 11.1 Å². The van der Waals surface area contributed by atoms with Crippen molar-refractivity contribution >= 4 is 29.3 Å². The molecular formula is C19H18ClNO4. The molecule has 1 heterocycles. The topological polar surface area (TPSA) is 56.8 Å². The zero-order valence-corrected chi connectivity index (χ0v) is 14.7. The summed E-state index contributed by atoms with van der Waals surface area (Å²) < 4.78 is 16.5. The van der Waals surface area contributed by atoms with Crippen LogP contribution in [0.15, 0.2) is 36.4 Å². The monoisotopic (exact) mass is 359 g/mol. The van der Waals surface area contributed by atoms with Crippen molar-refractivity contribution in [3.05, 3.63) is 52.6 Å². The van der Waals surface area contributed by atoms with E-state index in [1.165, 1.54) is 6.08 Å². The van der Waals surface area contributed by atoms with Crippen LogP contribution >= 0.6 is 11.6 Å². The van der Waals surface area contributed by atoms with E-state index in [1.807, 2.05) is 19.1 Å². The number of benzene rings is 2. The largest absolute Gasteiger partial charge is 0.493 e. The molecule has 6 heteroatoms. The first-order chi connectivity index (χ1) is 12.1. The van der Waals surface area contributed by atoms with Gasteiger partial charge in [-0.2, -0.15) is 0 Å². The molecule has 1 N–H and O–H groups in total. The zero-order chi connectivity index (χ0) is 17.8. The number of rotatable bonds is 4. The summed E-state index contributed by atoms with van der Waals surface area (Å²) in [7, 11) is 1.57. The van der Waals surface area contributed by atoms with Gasteiger partial charge in [-0.25, -0.2) is 0 Å². The van der Waals surface area contributed by atoms with Crippen molar-refractivity contribution in [2.24, 2.45) is 0 Å². The van der Waals surface area contributed by atoms with Crippen LogP contribution in [0.5, 0.6) is 17.2 Å². The SMILES string of the molecule is COc1cc(/C=C/C(=O)Nc2cc(Cl)ccc2C)cc2c1OCCO2. The molecule has 0 atom stereocenters. The highest BCUT2D eigenvalue weighted by atomic mass is 35.5. The number of nitrogens with one attached hydrogen (secondary N) is 1. The van der Waals surface area contributed by atoms with Crippen LogP contribution in [0.25, 0.3) is 6.08 Å². The lowest BCUT2D eigenvalue weighted by Gasteiger charge is -2.20. The van der Waals surface area contributed by atoms with E-state index < -0.39 is 0 Å². The number of carbonyl (C=O) groups excluding carboxylic acids is 1. The standard InChI is InChI=1S/C19H18ClNO4/c1-12-3-5-14(20)11-15(12)21-18(22)6-4-13-9-16(23-2)19-17(10-13)24-7-8-25-19/h3-6,9-11H,7-8H2,1-2H3,(H,21,22)/b6-4+. The molecule has 2 aromatic rings. The first-order valence-electron chi connectivity index (χ1n) is 7.79. The summed E-state index contributed by atoms with van der Waals surface area (Å²) in [5.41, 5.74) is 2.40. The quantitative estimate of drug-likeness (QED) is 0.836. The van der Waals surface area contributed by atoms with Gasteiger partial charge in [0, 0.05) is 16.8 Å². The normalized spacial score (nSPS) is 12.9. The molecule has 1 aliphatic rings. The van der Waals surface area contributed by atoms with Crippen molar-refractivity contribution in [2.75, 3.05) is 25.6 Å². The number of amides is 1. The first kappa shape index (κ1) is 17.2. The molecule has 1 amide bonds. The maximum absolute atomic E-state index is 12.2. The zero-order valence-electron chi connectivity index (χ0n) is 14.0. The van der Waals surface area contributed by atoms with E-state index >= 15 is 0 Å². The van der Waals surface area contributed by atoms with Gasteiger partial charge in [0.25, 0.3) is 0 Å². The van der Waals surface area contributed by atoms with Gasteiger partial charge in [0.1, 0.15) is 13.2 Å². The van der Waals surface area contributed by atoms with Crippen molar-refractivity contribution in [3.8, 4) is 17.2 Å². The Morgan fingerprint density at radius 1 is 1.24 bits per heavy atom. The maximum Gasteiger partial charge on any atom is 0.248 e. The number of methoxy groups -OCH3 is 1. The van der Waals surface area contributed by atoms with Gasteiger partial charge in [0.15, 0.2) is 11.5 Å². The summed E-state index contributed by atoms with van der Waals surface area (Å²) in [5, 5.41) is 3.39. The maximum atomic E-state index is 12.2. The van der Waals surface area contributed by atoms with Crippen LogP contribution in [0.3, 0.4) is 0 Å². The molecule has 0 aromatic heterocycles. The summed E-state index contributed by atoms with van der Waals surface area (Å²) in [4.78, 5) is 12.2. The smallest absolute Gasteiger partial charge is 0.248 e. The molecule has 1 aliphatic heterocycles. The molecule has 0 radical (unpaired) electrons. The van der Waals surface area contributed by atoms with Gasteiger partial charge >= 0.3 is 0 Å². The number of anilines is 1. The van der Waals surface area contributed by atoms with Crippen LogP contribution in [0.4, 0.5) is 5.69 Å². The molecule has 0 unspecified atom stereocenters. The Morgan fingerprint density at radius 2 is 2.04 bits per heavy atom. The predicted octanol–water partition coefficient (Wildman–Crippen LogP) is 4.08. The third-order valence-electron chi connectivity index (χ3n) is 3.73. The van der Waals surface area contributed by atoms with Crippen molar-refractivity contribution in [2.45, 2.75) is 6.92 Å². The number of ether oxygens (including phenoxy) is 3. The number of hydrogen-bond acceptors (Lipinski definition) is 4. The highest BCUT2D eigenvalue weighted by Gasteiger charge is 2.17. The van der Waals surface area contributed by atoms with Crippen LogP contribution in [-0.2, 0) is 4.79 Å². The highest BCUT2D eigenvalue weighted by molar-refractivity contribution is 6.31. The molecule has 0 bridgehead atoms. The van der Waals surface area contributed by atoms with Gasteiger partial charge in [0.2, 0.25) is 11.7 Å². The Balaban J connectivity index is 1.77. The summed E-state index contributed by atoms with van der Waals surface area (Å²) >= 11 is 5.97. The van der Waals surface area contributed by atoms with Gasteiger partial charge in [-0.3, -0.25) is 4.79 Å². The lowest BCUT2D eigenvalue weighted by atomic mass is 10.1. The predicted molar refractivity (Wildman–Crippen MR) is 97.8 cm³/mol. The van der Waals surface area contributed by atoms with Crippen LogP contribution in [-0.4, -0.2) is 26.2 Å². The Bertz CT molecular complexity index is 815. The second-order valence-electron chi connectivity index (χ2n) is 5.53. The second kappa shape index (κ2) is 7.49. The molecule has 130 valence electrons. The van der Waals surface area contributed by atoms with E-state index in [0.29, 0.717) is 41.2 Å². The fourth-order valence-corrected chi connectivity index (χ4v) is 2.64. The number of aryl methyl sites for hydroxylation is 1. The molecule has 0 fully saturated rings. The van der Waals surface area contributed by atoms with Crippen LogP contribution in [0.2, 0.25) is 5.02 Å². The third kappa shape index (κ3) is 4.06. The van der Waals surface area contributed by atoms with Gasteiger partial charge < -0.3 is 19.5 Å². The minimum atomic E-state index is -0.251. The fourth-order valence-electron chi connectivity index (χ4n) is 2.46. The number of hydrogen-bond donors (Lipinski definition) is 1. The summed E-state index contributed by atoms with van der Waals surface area (Å²) in [6.45, 7) is 2.87. The van der Waals surface area contributed by atoms with Gasteiger partial charge in [-0.15, -0.1) is 0 Å². The van der Waals surface area contributed by atoms with Crippen LogP contribution in [0, 0.1) is 6.92 Å². The number of carbonyl (C=O) groups is 1. The highest BCUT2D eigenvalue weighted by Crippen LogP contribution is 2.40. The fraction of sp³-hybridized carbons (Fsp3) is 0.211. The summed E-state index contributed by atoms with van der Waals surface area (Å²) in [6.07, 6.45) is 3.14. The minimum Gasteiger partial charge on any atom is -0.493 e. The van der Waals surface area contributed by atoms with E-state index in [9.17, 15) is 4.79 Å². The van der Waals surface area contributed by atoms with E-state index in [-0.39, 0.29) is 5.91 Å². The van der Waals surface area contributed by atoms with Crippen molar-refractivity contribution in [3.63, 3.8) is 0 Å². The molecule has 2 aromatic carbocycles. The third-order valence-corrected chi connectivity index (χ3v) is 3.97. The van der Waals surface area contributed by atoms with Crippen molar-refractivity contribution in [1.29, 1.82) is 0 Å². The molecule has 0 saturated carbocycles. The molecular weight excluding hydrogens is 342 g/mol. The molecule has 3 rings (SSSR count). The van der Waals surface area contributed by atoms with Crippen molar-refractivity contribution in [1.82, 2.24) is 0 Å².